The fourth-order valence-electron chi connectivity index (χ4n) is 3.97. The lowest BCUT2D eigenvalue weighted by Crippen LogP contribution is -2.50. The van der Waals surface area contributed by atoms with E-state index in [-0.39, 0.29) is 5.91 Å². The van der Waals surface area contributed by atoms with E-state index in [4.69, 9.17) is 31.2 Å². The Balaban J connectivity index is 1.64. The lowest BCUT2D eigenvalue weighted by atomic mass is 10.1. The summed E-state index contributed by atoms with van der Waals surface area (Å²) in [5.74, 6) is 1.38. The van der Waals surface area contributed by atoms with E-state index in [0.29, 0.717) is 49.3 Å². The van der Waals surface area contributed by atoms with Crippen LogP contribution in [0.2, 0.25) is 5.02 Å². The maximum absolute atomic E-state index is 13.3. The van der Waals surface area contributed by atoms with Crippen LogP contribution in [-0.2, 0) is 10.5 Å². The number of amides is 1. The minimum atomic E-state index is -0.675. The van der Waals surface area contributed by atoms with E-state index in [9.17, 15) is 4.79 Å². The number of benzene rings is 3. The molecular formula is C25H21ClN4O3S. The van der Waals surface area contributed by atoms with Crippen LogP contribution in [0.25, 0.3) is 5.70 Å². The van der Waals surface area contributed by atoms with Crippen LogP contribution in [0.3, 0.4) is 0 Å². The number of hydrogen-bond acceptors (Lipinski definition) is 7. The average molecular weight is 493 g/mol. The van der Waals surface area contributed by atoms with Crippen LogP contribution in [0.15, 0.2) is 76.8 Å². The van der Waals surface area contributed by atoms with Crippen molar-refractivity contribution in [1.82, 2.24) is 10.3 Å². The number of nitrogens with zero attached hydrogens (tertiary/aromatic N) is 3. The van der Waals surface area contributed by atoms with Crippen LogP contribution in [0.5, 0.6) is 11.5 Å². The monoisotopic (exact) mass is 492 g/mol. The molecule has 2 heterocycles. The van der Waals surface area contributed by atoms with Gasteiger partial charge in [-0.15, -0.1) is 5.10 Å². The standard InChI is InChI=1S/C25H21ClN4O3S/c1-32-20-13-16(26)12-18(22(20)33-2)23-27-19-11-7-6-10-17(19)21-24(31)28-25(29-30(21)23)34-14-15-8-4-3-5-9-15/h3-13,23H,14H2,1-2H3,(H,28,29,31). The number of methoxy groups -OCH3 is 2. The number of hydrazone groups is 1. The molecule has 1 atom stereocenters. The minimum Gasteiger partial charge on any atom is -0.493 e. The highest BCUT2D eigenvalue weighted by Crippen LogP contribution is 2.42. The Morgan fingerprint density at radius 1 is 1.06 bits per heavy atom. The van der Waals surface area contributed by atoms with Gasteiger partial charge in [0.2, 0.25) is 0 Å². The van der Waals surface area contributed by atoms with Crippen LogP contribution >= 0.6 is 23.4 Å². The first-order valence-corrected chi connectivity index (χ1v) is 11.9. The molecule has 0 saturated carbocycles. The lowest BCUT2D eigenvalue weighted by Gasteiger charge is -2.34. The maximum Gasteiger partial charge on any atom is 0.276 e. The molecule has 34 heavy (non-hydrogen) atoms. The Kier molecular flexibility index (Phi) is 6.17. The van der Waals surface area contributed by atoms with Crippen molar-refractivity contribution in [3.05, 3.63) is 93.5 Å². The van der Waals surface area contributed by atoms with E-state index >= 15 is 0 Å². The molecule has 2 aliphatic heterocycles. The van der Waals surface area contributed by atoms with E-state index in [1.54, 1.807) is 31.4 Å². The van der Waals surface area contributed by atoms with E-state index in [2.05, 4.69) is 5.32 Å². The quantitative estimate of drug-likeness (QED) is 0.590. The zero-order valence-electron chi connectivity index (χ0n) is 18.5. The second-order valence-electron chi connectivity index (χ2n) is 7.58. The molecule has 0 aliphatic carbocycles. The van der Waals surface area contributed by atoms with Crippen molar-refractivity contribution in [3.63, 3.8) is 0 Å². The Morgan fingerprint density at radius 2 is 1.82 bits per heavy atom. The van der Waals surface area contributed by atoms with Gasteiger partial charge in [0.05, 0.1) is 19.6 Å². The molecule has 0 spiro atoms. The van der Waals surface area contributed by atoms with Gasteiger partial charge in [-0.1, -0.05) is 71.9 Å². The summed E-state index contributed by atoms with van der Waals surface area (Å²) in [5, 5.41) is 11.7. The van der Waals surface area contributed by atoms with Gasteiger partial charge in [-0.3, -0.25) is 15.1 Å². The SMILES string of the molecule is COc1cc(Cl)cc(C2N=c3ccccc3=C3C(=O)NC(SCc4ccccc4)=NN32)c1OC. The molecule has 0 bridgehead atoms. The summed E-state index contributed by atoms with van der Waals surface area (Å²) in [6.45, 7) is 0. The Hall–Kier alpha value is -3.49. The van der Waals surface area contributed by atoms with Crippen molar-refractivity contribution in [1.29, 1.82) is 0 Å². The average Bonchev–Trinajstić information content (AvgIpc) is 2.86. The van der Waals surface area contributed by atoms with Gasteiger partial charge >= 0.3 is 0 Å². The van der Waals surface area contributed by atoms with Gasteiger partial charge < -0.3 is 9.47 Å². The molecule has 0 saturated heterocycles. The highest BCUT2D eigenvalue weighted by atomic mass is 35.5. The first-order chi connectivity index (χ1) is 16.6. The van der Waals surface area contributed by atoms with Crippen molar-refractivity contribution in [2.75, 3.05) is 14.2 Å². The summed E-state index contributed by atoms with van der Waals surface area (Å²) in [5.41, 5.74) is 2.19. The van der Waals surface area contributed by atoms with Crippen molar-refractivity contribution in [2.45, 2.75) is 11.9 Å². The molecule has 1 amide bonds. The van der Waals surface area contributed by atoms with Crippen LogP contribution in [0.4, 0.5) is 0 Å². The lowest BCUT2D eigenvalue weighted by molar-refractivity contribution is -0.116. The van der Waals surface area contributed by atoms with Crippen molar-refractivity contribution >= 4 is 40.1 Å². The molecule has 3 aromatic carbocycles. The third-order valence-corrected chi connectivity index (χ3v) is 6.64. The molecule has 0 aromatic heterocycles. The molecular weight excluding hydrogens is 472 g/mol. The highest BCUT2D eigenvalue weighted by Gasteiger charge is 2.36. The van der Waals surface area contributed by atoms with Crippen LogP contribution in [0.1, 0.15) is 17.3 Å². The largest absolute Gasteiger partial charge is 0.493 e. The van der Waals surface area contributed by atoms with Crippen molar-refractivity contribution in [2.24, 2.45) is 10.1 Å². The Morgan fingerprint density at radius 3 is 2.59 bits per heavy atom. The fraction of sp³-hybridized carbons (Fsp3) is 0.160. The summed E-state index contributed by atoms with van der Waals surface area (Å²) in [6, 6.07) is 21.0. The third kappa shape index (κ3) is 4.10. The molecule has 0 radical (unpaired) electrons. The summed E-state index contributed by atoms with van der Waals surface area (Å²) in [4.78, 5) is 18.3. The van der Waals surface area contributed by atoms with Gasteiger partial charge in [0.15, 0.2) is 22.8 Å². The van der Waals surface area contributed by atoms with Gasteiger partial charge in [0.1, 0.15) is 5.70 Å². The number of carbonyl (C=O) groups excluding carboxylic acids is 1. The molecule has 1 unspecified atom stereocenters. The number of fused-ring (bicyclic) bond motifs is 2. The summed E-state index contributed by atoms with van der Waals surface area (Å²) < 4.78 is 11.2. The minimum absolute atomic E-state index is 0.245. The molecule has 5 rings (SSSR count). The number of halogens is 1. The number of thioether (sulfide) groups is 1. The fourth-order valence-corrected chi connectivity index (χ4v) is 4.99. The van der Waals surface area contributed by atoms with Gasteiger partial charge in [0, 0.05) is 27.6 Å². The van der Waals surface area contributed by atoms with E-state index in [1.807, 2.05) is 54.6 Å². The third-order valence-electron chi connectivity index (χ3n) is 5.48. The van der Waals surface area contributed by atoms with Crippen LogP contribution in [-0.4, -0.2) is 30.3 Å². The predicted octanol–water partition coefficient (Wildman–Crippen LogP) is 3.43. The van der Waals surface area contributed by atoms with Crippen molar-refractivity contribution in [3.8, 4) is 11.5 Å². The number of para-hydroxylation sites is 1. The zero-order valence-corrected chi connectivity index (χ0v) is 20.1. The number of ether oxygens (including phenoxy) is 2. The highest BCUT2D eigenvalue weighted by molar-refractivity contribution is 8.13. The van der Waals surface area contributed by atoms with Crippen LogP contribution in [0, 0.1) is 0 Å². The van der Waals surface area contributed by atoms with Crippen LogP contribution < -0.4 is 25.4 Å². The summed E-state index contributed by atoms with van der Waals surface area (Å²) >= 11 is 7.85. The molecule has 2 aliphatic rings. The smallest absolute Gasteiger partial charge is 0.276 e. The first kappa shape index (κ1) is 22.3. The summed E-state index contributed by atoms with van der Waals surface area (Å²) in [6.07, 6.45) is -0.675. The molecule has 1 N–H and O–H groups in total. The first-order valence-electron chi connectivity index (χ1n) is 10.5. The Labute approximate surface area is 205 Å². The molecule has 0 fully saturated rings. The molecule has 9 heteroatoms. The number of rotatable bonds is 5. The predicted molar refractivity (Wildman–Crippen MR) is 133 cm³/mol. The number of carbonyl (C=O) groups is 1. The van der Waals surface area contributed by atoms with Crippen molar-refractivity contribution < 1.29 is 14.3 Å². The second kappa shape index (κ2) is 9.40. The van der Waals surface area contributed by atoms with E-state index < -0.39 is 6.17 Å². The molecule has 172 valence electrons. The van der Waals surface area contributed by atoms with Gasteiger partial charge in [-0.25, -0.2) is 5.01 Å². The van der Waals surface area contributed by atoms with Gasteiger partial charge in [-0.05, 0) is 17.7 Å². The summed E-state index contributed by atoms with van der Waals surface area (Å²) in [7, 11) is 3.11. The van der Waals surface area contributed by atoms with Gasteiger partial charge in [-0.2, -0.15) is 0 Å². The zero-order chi connectivity index (χ0) is 23.7. The topological polar surface area (TPSA) is 75.5 Å². The maximum atomic E-state index is 13.3. The molecule has 7 nitrogen and oxygen atoms in total. The number of amidine groups is 1. The number of hydrogen-bond donors (Lipinski definition) is 1. The number of nitrogens with one attached hydrogen (secondary N) is 1. The Bertz CT molecular complexity index is 1410. The second-order valence-corrected chi connectivity index (χ2v) is 8.98. The van der Waals surface area contributed by atoms with Gasteiger partial charge in [0.25, 0.3) is 5.91 Å². The normalized spacial score (nSPS) is 16.6. The van der Waals surface area contributed by atoms with E-state index in [1.165, 1.54) is 11.8 Å². The molecule has 3 aromatic rings. The van der Waals surface area contributed by atoms with E-state index in [0.717, 1.165) is 5.56 Å².